The Balaban J connectivity index is 2.20. The second kappa shape index (κ2) is 5.94. The van der Waals surface area contributed by atoms with Crippen LogP contribution in [0.5, 0.6) is 11.5 Å². The molecule has 0 spiro atoms. The Morgan fingerprint density at radius 3 is 2.44 bits per heavy atom. The van der Waals surface area contributed by atoms with E-state index in [-0.39, 0.29) is 0 Å². The summed E-state index contributed by atoms with van der Waals surface area (Å²) in [5.41, 5.74) is 0.604. The summed E-state index contributed by atoms with van der Waals surface area (Å²) >= 11 is 5.08. The van der Waals surface area contributed by atoms with Gasteiger partial charge in [-0.05, 0) is 64.7 Å². The van der Waals surface area contributed by atoms with Crippen molar-refractivity contribution in [1.29, 1.82) is 5.26 Å². The highest BCUT2D eigenvalue weighted by Crippen LogP contribution is 2.31. The van der Waals surface area contributed by atoms with E-state index < -0.39 is 0 Å². The van der Waals surface area contributed by atoms with E-state index in [1.54, 1.807) is 30.0 Å². The standard InChI is InChI=1S/C14H10BrNOS/c1-18-12-5-3-11(4-6-12)17-14-7-2-10(9-16)8-13(14)15/h2-8H,1H3. The van der Waals surface area contributed by atoms with Crippen LogP contribution in [-0.2, 0) is 0 Å². The van der Waals surface area contributed by atoms with Gasteiger partial charge in [0, 0.05) is 4.90 Å². The lowest BCUT2D eigenvalue weighted by atomic mass is 10.2. The highest BCUT2D eigenvalue weighted by molar-refractivity contribution is 9.10. The Labute approximate surface area is 119 Å². The number of ether oxygens (including phenoxy) is 1. The first-order valence-corrected chi connectivity index (χ1v) is 7.26. The molecule has 2 aromatic carbocycles. The van der Waals surface area contributed by atoms with E-state index in [0.29, 0.717) is 11.3 Å². The van der Waals surface area contributed by atoms with Crippen LogP contribution < -0.4 is 4.74 Å². The van der Waals surface area contributed by atoms with Crippen LogP contribution in [0.15, 0.2) is 51.8 Å². The molecule has 0 bridgehead atoms. The third-order valence-corrected chi connectivity index (χ3v) is 3.71. The monoisotopic (exact) mass is 319 g/mol. The zero-order valence-corrected chi connectivity index (χ0v) is 12.1. The first kappa shape index (κ1) is 13.0. The van der Waals surface area contributed by atoms with Gasteiger partial charge in [0.1, 0.15) is 11.5 Å². The summed E-state index contributed by atoms with van der Waals surface area (Å²) in [6, 6.07) is 15.2. The van der Waals surface area contributed by atoms with Gasteiger partial charge in [-0.3, -0.25) is 0 Å². The van der Waals surface area contributed by atoms with Gasteiger partial charge in [0.25, 0.3) is 0 Å². The molecule has 2 nitrogen and oxygen atoms in total. The normalized spacial score (nSPS) is 9.83. The van der Waals surface area contributed by atoms with Crippen LogP contribution in [0.1, 0.15) is 5.56 Å². The van der Waals surface area contributed by atoms with E-state index in [1.807, 2.05) is 30.5 Å². The van der Waals surface area contributed by atoms with Crippen LogP contribution in [0.25, 0.3) is 0 Å². The molecule has 0 atom stereocenters. The maximum absolute atomic E-state index is 8.79. The molecule has 0 amide bonds. The van der Waals surface area contributed by atoms with E-state index >= 15 is 0 Å². The maximum atomic E-state index is 8.79. The van der Waals surface area contributed by atoms with Crippen LogP contribution >= 0.6 is 27.7 Å². The topological polar surface area (TPSA) is 33.0 Å². The highest BCUT2D eigenvalue weighted by Gasteiger charge is 2.04. The quantitative estimate of drug-likeness (QED) is 0.759. The molecule has 2 aromatic rings. The minimum atomic E-state index is 0.604. The summed E-state index contributed by atoms with van der Waals surface area (Å²) in [7, 11) is 0. The summed E-state index contributed by atoms with van der Waals surface area (Å²) in [5, 5.41) is 8.79. The van der Waals surface area contributed by atoms with Crippen molar-refractivity contribution in [1.82, 2.24) is 0 Å². The number of benzene rings is 2. The lowest BCUT2D eigenvalue weighted by Gasteiger charge is -2.08. The van der Waals surface area contributed by atoms with Gasteiger partial charge in [-0.2, -0.15) is 5.26 Å². The van der Waals surface area contributed by atoms with Crippen molar-refractivity contribution in [3.63, 3.8) is 0 Å². The number of nitriles is 1. The van der Waals surface area contributed by atoms with Crippen LogP contribution in [0, 0.1) is 11.3 Å². The fourth-order valence-electron chi connectivity index (χ4n) is 1.42. The van der Waals surface area contributed by atoms with Gasteiger partial charge in [-0.25, -0.2) is 0 Å². The second-order valence-corrected chi connectivity index (χ2v) is 5.27. The van der Waals surface area contributed by atoms with Crippen molar-refractivity contribution in [3.8, 4) is 17.6 Å². The SMILES string of the molecule is CSc1ccc(Oc2ccc(C#N)cc2Br)cc1. The van der Waals surface area contributed by atoms with Crippen molar-refractivity contribution in [2.45, 2.75) is 4.90 Å². The molecule has 0 aromatic heterocycles. The van der Waals surface area contributed by atoms with Gasteiger partial charge in [-0.15, -0.1) is 11.8 Å². The number of nitrogens with zero attached hydrogens (tertiary/aromatic N) is 1. The lowest BCUT2D eigenvalue weighted by molar-refractivity contribution is 0.479. The third kappa shape index (κ3) is 3.06. The molecule has 0 unspecified atom stereocenters. The highest BCUT2D eigenvalue weighted by atomic mass is 79.9. The Morgan fingerprint density at radius 2 is 1.89 bits per heavy atom. The van der Waals surface area contributed by atoms with E-state index in [0.717, 1.165) is 10.2 Å². The number of thioether (sulfide) groups is 1. The molecule has 18 heavy (non-hydrogen) atoms. The Kier molecular flexibility index (Phi) is 4.29. The van der Waals surface area contributed by atoms with E-state index in [9.17, 15) is 0 Å². The van der Waals surface area contributed by atoms with Crippen LogP contribution in [0.4, 0.5) is 0 Å². The molecule has 4 heteroatoms. The summed E-state index contributed by atoms with van der Waals surface area (Å²) in [4.78, 5) is 1.20. The van der Waals surface area contributed by atoms with Gasteiger partial charge in [0.15, 0.2) is 0 Å². The van der Waals surface area contributed by atoms with Crippen molar-refractivity contribution < 1.29 is 4.74 Å². The fourth-order valence-corrected chi connectivity index (χ4v) is 2.29. The minimum Gasteiger partial charge on any atom is -0.456 e. The number of hydrogen-bond donors (Lipinski definition) is 0. The average Bonchev–Trinajstić information content (AvgIpc) is 2.42. The first-order valence-electron chi connectivity index (χ1n) is 5.24. The Morgan fingerprint density at radius 1 is 1.17 bits per heavy atom. The molecule has 0 aliphatic rings. The van der Waals surface area contributed by atoms with Crippen molar-refractivity contribution in [2.75, 3.05) is 6.26 Å². The molecule has 0 radical (unpaired) electrons. The van der Waals surface area contributed by atoms with Gasteiger partial charge < -0.3 is 4.74 Å². The molecule has 90 valence electrons. The van der Waals surface area contributed by atoms with E-state index in [1.165, 1.54) is 4.90 Å². The molecule has 0 saturated carbocycles. The smallest absolute Gasteiger partial charge is 0.141 e. The number of hydrogen-bond acceptors (Lipinski definition) is 3. The molecule has 0 fully saturated rings. The van der Waals surface area contributed by atoms with E-state index in [4.69, 9.17) is 10.00 Å². The van der Waals surface area contributed by atoms with Crippen LogP contribution in [-0.4, -0.2) is 6.26 Å². The first-order chi connectivity index (χ1) is 8.72. The summed E-state index contributed by atoms with van der Waals surface area (Å²) < 4.78 is 6.52. The molecule has 0 heterocycles. The zero-order chi connectivity index (χ0) is 13.0. The fraction of sp³-hybridized carbons (Fsp3) is 0.0714. The number of halogens is 1. The van der Waals surface area contributed by atoms with Crippen LogP contribution in [0.2, 0.25) is 0 Å². The third-order valence-electron chi connectivity index (χ3n) is 2.35. The number of rotatable bonds is 3. The molecule has 2 rings (SSSR count). The molecular formula is C14H10BrNOS. The van der Waals surface area contributed by atoms with Crippen LogP contribution in [0.3, 0.4) is 0 Å². The van der Waals surface area contributed by atoms with Crippen molar-refractivity contribution in [3.05, 3.63) is 52.5 Å². The average molecular weight is 320 g/mol. The van der Waals surface area contributed by atoms with Gasteiger partial charge in [-0.1, -0.05) is 0 Å². The predicted molar refractivity (Wildman–Crippen MR) is 77.2 cm³/mol. The molecule has 0 N–H and O–H groups in total. The Bertz CT molecular complexity index is 590. The van der Waals surface area contributed by atoms with Gasteiger partial charge >= 0.3 is 0 Å². The molecule has 0 saturated heterocycles. The van der Waals surface area contributed by atoms with Crippen molar-refractivity contribution in [2.24, 2.45) is 0 Å². The van der Waals surface area contributed by atoms with Crippen molar-refractivity contribution >= 4 is 27.7 Å². The minimum absolute atomic E-state index is 0.604. The largest absolute Gasteiger partial charge is 0.456 e. The maximum Gasteiger partial charge on any atom is 0.141 e. The van der Waals surface area contributed by atoms with Gasteiger partial charge in [0.2, 0.25) is 0 Å². The predicted octanol–water partition coefficient (Wildman–Crippen LogP) is 4.83. The lowest BCUT2D eigenvalue weighted by Crippen LogP contribution is -1.86. The summed E-state index contributed by atoms with van der Waals surface area (Å²) in [5.74, 6) is 1.48. The Hall–Kier alpha value is -1.44. The summed E-state index contributed by atoms with van der Waals surface area (Å²) in [6.07, 6.45) is 2.03. The summed E-state index contributed by atoms with van der Waals surface area (Å²) in [6.45, 7) is 0. The van der Waals surface area contributed by atoms with Gasteiger partial charge in [0.05, 0.1) is 16.1 Å². The molecule has 0 aliphatic carbocycles. The zero-order valence-electron chi connectivity index (χ0n) is 9.68. The molecule has 0 aliphatic heterocycles. The molecular weight excluding hydrogens is 310 g/mol. The van der Waals surface area contributed by atoms with E-state index in [2.05, 4.69) is 22.0 Å². The second-order valence-electron chi connectivity index (χ2n) is 3.53.